The molecule has 2 heterocycles. The Hall–Kier alpha value is -3.63. The summed E-state index contributed by atoms with van der Waals surface area (Å²) in [5.74, 6) is -2.90. The summed E-state index contributed by atoms with van der Waals surface area (Å²) < 4.78 is 23.9. The van der Waals surface area contributed by atoms with Gasteiger partial charge >= 0.3 is 6.09 Å². The zero-order valence-electron chi connectivity index (χ0n) is 19.8. The van der Waals surface area contributed by atoms with Gasteiger partial charge < -0.3 is 14.5 Å². The fourth-order valence-electron chi connectivity index (χ4n) is 3.46. The van der Waals surface area contributed by atoms with E-state index in [1.165, 1.54) is 26.0 Å². The number of benzene rings is 1. The lowest BCUT2D eigenvalue weighted by atomic mass is 9.84. The van der Waals surface area contributed by atoms with Crippen molar-refractivity contribution in [2.24, 2.45) is 5.92 Å². The monoisotopic (exact) mass is 474 g/mol. The molecule has 1 aliphatic rings. The number of hydrogen-bond acceptors (Lipinski definition) is 8. The number of nitrogens with zero attached hydrogens (tertiary/aromatic N) is 3. The van der Waals surface area contributed by atoms with Gasteiger partial charge in [-0.25, -0.2) is 14.1 Å². The van der Waals surface area contributed by atoms with E-state index in [0.717, 1.165) is 0 Å². The fourth-order valence-corrected chi connectivity index (χ4v) is 3.46. The lowest BCUT2D eigenvalue weighted by molar-refractivity contribution is -0.137. The summed E-state index contributed by atoms with van der Waals surface area (Å²) in [7, 11) is 0. The minimum Gasteiger partial charge on any atom is -0.433 e. The number of halogens is 1. The van der Waals surface area contributed by atoms with Gasteiger partial charge in [0.2, 0.25) is 17.6 Å². The van der Waals surface area contributed by atoms with E-state index in [1.807, 2.05) is 0 Å². The van der Waals surface area contributed by atoms with Gasteiger partial charge in [0.15, 0.2) is 5.60 Å². The summed E-state index contributed by atoms with van der Waals surface area (Å²) >= 11 is 0. The zero-order valence-corrected chi connectivity index (χ0v) is 19.8. The molecule has 10 nitrogen and oxygen atoms in total. The average Bonchev–Trinajstić information content (AvgIpc) is 3.32. The van der Waals surface area contributed by atoms with E-state index < -0.39 is 47.3 Å². The molecule has 0 bridgehead atoms. The number of cyclic esters (lactones) is 1. The average molecular weight is 474 g/mol. The maximum atomic E-state index is 13.3. The maximum Gasteiger partial charge on any atom is 0.418 e. The first-order valence-corrected chi connectivity index (χ1v) is 10.7. The molecule has 0 saturated carbocycles. The standard InChI is InChI=1S/C23H27FN4O6/c1-12(2)16(25-15(29)11-28-20(31)23(5,6)34-21(28)32)17(30)18-26-27-19(33-18)22(3,4)13-7-9-14(24)10-8-13/h7-10,12,16H,11H2,1-6H3,(H,25,29)/t16-/m0/s1. The van der Waals surface area contributed by atoms with Crippen molar-refractivity contribution in [3.63, 3.8) is 0 Å². The first-order valence-electron chi connectivity index (χ1n) is 10.7. The van der Waals surface area contributed by atoms with Gasteiger partial charge in [-0.1, -0.05) is 26.0 Å². The Balaban J connectivity index is 1.75. The van der Waals surface area contributed by atoms with E-state index in [4.69, 9.17) is 9.15 Å². The topological polar surface area (TPSA) is 132 Å². The summed E-state index contributed by atoms with van der Waals surface area (Å²) in [6.07, 6.45) is -0.929. The Morgan fingerprint density at radius 3 is 2.29 bits per heavy atom. The fraction of sp³-hybridized carbons (Fsp3) is 0.478. The minimum absolute atomic E-state index is 0.143. The largest absolute Gasteiger partial charge is 0.433 e. The number of nitrogens with one attached hydrogen (secondary N) is 1. The van der Waals surface area contributed by atoms with Crippen molar-refractivity contribution >= 4 is 23.7 Å². The van der Waals surface area contributed by atoms with Gasteiger partial charge in [0.1, 0.15) is 12.4 Å². The molecule has 3 rings (SSSR count). The van der Waals surface area contributed by atoms with Crippen molar-refractivity contribution in [3.05, 3.63) is 47.4 Å². The number of carbonyl (C=O) groups excluding carboxylic acids is 4. The van der Waals surface area contributed by atoms with Crippen molar-refractivity contribution in [2.75, 3.05) is 6.54 Å². The van der Waals surface area contributed by atoms with Crippen LogP contribution in [0.15, 0.2) is 28.7 Å². The number of ketones is 1. The summed E-state index contributed by atoms with van der Waals surface area (Å²) in [6.45, 7) is 9.25. The van der Waals surface area contributed by atoms with Crippen molar-refractivity contribution in [3.8, 4) is 0 Å². The molecule has 11 heteroatoms. The Bertz CT molecular complexity index is 1120. The molecule has 0 spiro atoms. The second-order valence-electron chi connectivity index (χ2n) is 9.47. The quantitative estimate of drug-likeness (QED) is 0.578. The molecule has 2 aromatic rings. The van der Waals surface area contributed by atoms with Crippen LogP contribution in [0, 0.1) is 11.7 Å². The third-order valence-electron chi connectivity index (χ3n) is 5.63. The molecule has 1 aromatic carbocycles. The molecule has 0 aliphatic carbocycles. The van der Waals surface area contributed by atoms with Gasteiger partial charge in [0.25, 0.3) is 11.8 Å². The molecule has 1 fully saturated rings. The number of aromatic nitrogens is 2. The molecule has 0 radical (unpaired) electrons. The van der Waals surface area contributed by atoms with Crippen LogP contribution in [-0.2, 0) is 19.7 Å². The van der Waals surface area contributed by atoms with Crippen LogP contribution in [0.25, 0.3) is 0 Å². The highest BCUT2D eigenvalue weighted by molar-refractivity contribution is 6.05. The van der Waals surface area contributed by atoms with E-state index in [1.54, 1.807) is 39.8 Å². The molecule has 182 valence electrons. The number of Topliss-reactive ketones (excluding diaryl/α,β-unsaturated/α-hetero) is 1. The van der Waals surface area contributed by atoms with Crippen molar-refractivity contribution in [1.29, 1.82) is 0 Å². The highest BCUT2D eigenvalue weighted by atomic mass is 19.1. The number of carbonyl (C=O) groups is 4. The summed E-state index contributed by atoms with van der Waals surface area (Å²) in [5, 5.41) is 10.4. The van der Waals surface area contributed by atoms with Crippen LogP contribution in [0.4, 0.5) is 9.18 Å². The third-order valence-corrected chi connectivity index (χ3v) is 5.63. The minimum atomic E-state index is -1.36. The molecular formula is C23H27FN4O6. The highest BCUT2D eigenvalue weighted by Crippen LogP contribution is 2.31. The second kappa shape index (κ2) is 8.96. The van der Waals surface area contributed by atoms with Crippen LogP contribution >= 0.6 is 0 Å². The second-order valence-corrected chi connectivity index (χ2v) is 9.47. The van der Waals surface area contributed by atoms with Crippen LogP contribution in [-0.4, -0.2) is 57.0 Å². The molecule has 3 amide bonds. The number of imide groups is 1. The van der Waals surface area contributed by atoms with Gasteiger partial charge in [-0.3, -0.25) is 14.4 Å². The predicted molar refractivity (Wildman–Crippen MR) is 116 cm³/mol. The Morgan fingerprint density at radius 1 is 1.15 bits per heavy atom. The van der Waals surface area contributed by atoms with Gasteiger partial charge in [-0.2, -0.15) is 0 Å². The van der Waals surface area contributed by atoms with Gasteiger partial charge in [-0.15, -0.1) is 10.2 Å². The highest BCUT2D eigenvalue weighted by Gasteiger charge is 2.48. The third kappa shape index (κ3) is 4.82. The molecule has 1 atom stereocenters. The van der Waals surface area contributed by atoms with Gasteiger partial charge in [0, 0.05) is 0 Å². The normalized spacial score (nSPS) is 16.5. The van der Waals surface area contributed by atoms with Crippen LogP contribution in [0.5, 0.6) is 0 Å². The Morgan fingerprint density at radius 2 is 1.76 bits per heavy atom. The first kappa shape index (κ1) is 25.0. The first-order chi connectivity index (χ1) is 15.7. The lowest BCUT2D eigenvalue weighted by Gasteiger charge is -2.22. The summed E-state index contributed by atoms with van der Waals surface area (Å²) in [6, 6.07) is 4.75. The molecule has 1 aromatic heterocycles. The van der Waals surface area contributed by atoms with Crippen LogP contribution < -0.4 is 5.32 Å². The van der Waals surface area contributed by atoms with Crippen molar-refractivity contribution in [1.82, 2.24) is 20.4 Å². The van der Waals surface area contributed by atoms with E-state index in [-0.39, 0.29) is 23.5 Å². The maximum absolute atomic E-state index is 13.3. The molecule has 1 aliphatic heterocycles. The smallest absolute Gasteiger partial charge is 0.418 e. The molecule has 1 N–H and O–H groups in total. The van der Waals surface area contributed by atoms with Crippen molar-refractivity contribution in [2.45, 2.75) is 58.6 Å². The number of hydrogen-bond donors (Lipinski definition) is 1. The Labute approximate surface area is 195 Å². The van der Waals surface area contributed by atoms with E-state index in [2.05, 4.69) is 15.5 Å². The molecule has 0 unspecified atom stereocenters. The number of amides is 3. The molecule has 1 saturated heterocycles. The van der Waals surface area contributed by atoms with E-state index in [9.17, 15) is 23.6 Å². The van der Waals surface area contributed by atoms with Gasteiger partial charge in [0.05, 0.1) is 11.5 Å². The number of rotatable bonds is 8. The van der Waals surface area contributed by atoms with Crippen LogP contribution in [0.3, 0.4) is 0 Å². The lowest BCUT2D eigenvalue weighted by Crippen LogP contribution is -2.49. The molecular weight excluding hydrogens is 447 g/mol. The van der Waals surface area contributed by atoms with E-state index >= 15 is 0 Å². The number of ether oxygens (including phenoxy) is 1. The zero-order chi connectivity index (χ0) is 25.4. The van der Waals surface area contributed by atoms with Gasteiger partial charge in [-0.05, 0) is 51.3 Å². The molecule has 34 heavy (non-hydrogen) atoms. The SMILES string of the molecule is CC(C)[C@H](NC(=O)CN1C(=O)OC(C)(C)C1=O)C(=O)c1nnc(C(C)(C)c2ccc(F)cc2)o1. The van der Waals surface area contributed by atoms with Crippen LogP contribution in [0.1, 0.15) is 63.7 Å². The summed E-state index contributed by atoms with van der Waals surface area (Å²) in [4.78, 5) is 50.5. The summed E-state index contributed by atoms with van der Waals surface area (Å²) in [5.41, 5.74) is -1.46. The predicted octanol–water partition coefficient (Wildman–Crippen LogP) is 2.62. The van der Waals surface area contributed by atoms with E-state index in [0.29, 0.717) is 10.5 Å². The van der Waals surface area contributed by atoms with Crippen LogP contribution in [0.2, 0.25) is 0 Å². The Kier molecular flexibility index (Phi) is 6.59. The van der Waals surface area contributed by atoms with Crippen molar-refractivity contribution < 1.29 is 32.7 Å².